The summed E-state index contributed by atoms with van der Waals surface area (Å²) in [6.45, 7) is 2.77. The highest BCUT2D eigenvalue weighted by molar-refractivity contribution is 5.66. The molecule has 0 fully saturated rings. The van der Waals surface area contributed by atoms with Gasteiger partial charge in [-0.2, -0.15) is 0 Å². The monoisotopic (exact) mass is 406 g/mol. The van der Waals surface area contributed by atoms with Crippen LogP contribution in [0.1, 0.15) is 102 Å². The maximum absolute atomic E-state index is 10.7. The summed E-state index contributed by atoms with van der Waals surface area (Å²) in [6.07, 6.45) is 13.7. The summed E-state index contributed by atoms with van der Waals surface area (Å²) < 4.78 is 6.10. The lowest BCUT2D eigenvalue weighted by molar-refractivity contribution is -0.137. The Balaban J connectivity index is 2.32. The van der Waals surface area contributed by atoms with Crippen molar-refractivity contribution in [2.24, 2.45) is 0 Å². The second-order valence-corrected chi connectivity index (χ2v) is 8.16. The van der Waals surface area contributed by atoms with Crippen LogP contribution in [0.15, 0.2) is 30.3 Å². The lowest BCUT2D eigenvalue weighted by Gasteiger charge is -2.24. The molecule has 0 aromatic heterocycles. The first-order valence-electron chi connectivity index (χ1n) is 11.7. The number of carboxylic acid groups (broad SMARTS) is 1. The third-order valence-corrected chi connectivity index (χ3v) is 5.47. The molecule has 0 bridgehead atoms. The van der Waals surface area contributed by atoms with Crippen LogP contribution in [0, 0.1) is 0 Å². The van der Waals surface area contributed by atoms with Crippen LogP contribution in [0.25, 0.3) is 0 Å². The Bertz CT molecular complexity index is 503. The van der Waals surface area contributed by atoms with E-state index in [0.29, 0.717) is 19.4 Å². The van der Waals surface area contributed by atoms with Crippen LogP contribution in [-0.4, -0.2) is 28.4 Å². The summed E-state index contributed by atoms with van der Waals surface area (Å²) in [7, 11) is 0. The molecule has 0 aliphatic heterocycles. The maximum atomic E-state index is 10.7. The molecule has 1 aromatic carbocycles. The number of aliphatic hydroxyl groups excluding tert-OH is 1. The summed E-state index contributed by atoms with van der Waals surface area (Å²) >= 11 is 0. The summed E-state index contributed by atoms with van der Waals surface area (Å²) in [6, 6.07) is 10.1. The van der Waals surface area contributed by atoms with E-state index in [-0.39, 0.29) is 12.5 Å². The van der Waals surface area contributed by atoms with E-state index < -0.39 is 12.1 Å². The molecule has 166 valence electrons. The summed E-state index contributed by atoms with van der Waals surface area (Å²) in [5, 5.41) is 19.4. The van der Waals surface area contributed by atoms with E-state index in [1.54, 1.807) is 0 Å². The molecule has 0 heterocycles. The lowest BCUT2D eigenvalue weighted by atomic mass is 9.99. The minimum atomic E-state index is -0.746. The molecule has 0 spiro atoms. The first-order valence-corrected chi connectivity index (χ1v) is 11.7. The SMILES string of the molecule is CCCCCCCCCCC(OCc1ccccc1)C(O)CCCCCC(=O)O. The molecule has 0 saturated carbocycles. The third kappa shape index (κ3) is 14.3. The predicted molar refractivity (Wildman–Crippen MR) is 119 cm³/mol. The highest BCUT2D eigenvalue weighted by Gasteiger charge is 2.19. The van der Waals surface area contributed by atoms with Crippen molar-refractivity contribution in [2.45, 2.75) is 116 Å². The van der Waals surface area contributed by atoms with Crippen molar-refractivity contribution in [1.82, 2.24) is 0 Å². The number of ether oxygens (including phenoxy) is 1. The minimum absolute atomic E-state index is 0.144. The largest absolute Gasteiger partial charge is 0.481 e. The molecular weight excluding hydrogens is 364 g/mol. The van der Waals surface area contributed by atoms with Crippen molar-refractivity contribution in [1.29, 1.82) is 0 Å². The fraction of sp³-hybridized carbons (Fsp3) is 0.720. The van der Waals surface area contributed by atoms with Gasteiger partial charge in [-0.1, -0.05) is 101 Å². The predicted octanol–water partition coefficient (Wildman–Crippen LogP) is 6.50. The second kappa shape index (κ2) is 17.5. The van der Waals surface area contributed by atoms with E-state index in [1.807, 2.05) is 30.3 Å². The van der Waals surface area contributed by atoms with Gasteiger partial charge in [-0.05, 0) is 24.8 Å². The smallest absolute Gasteiger partial charge is 0.303 e. The van der Waals surface area contributed by atoms with E-state index in [2.05, 4.69) is 6.92 Å². The zero-order valence-electron chi connectivity index (χ0n) is 18.4. The summed E-state index contributed by atoms with van der Waals surface area (Å²) in [5.41, 5.74) is 1.13. The Morgan fingerprint density at radius 2 is 1.45 bits per heavy atom. The number of carboxylic acids is 1. The second-order valence-electron chi connectivity index (χ2n) is 8.16. The van der Waals surface area contributed by atoms with Gasteiger partial charge in [0.15, 0.2) is 0 Å². The van der Waals surface area contributed by atoms with Gasteiger partial charge in [-0.15, -0.1) is 0 Å². The Labute approximate surface area is 177 Å². The van der Waals surface area contributed by atoms with E-state index >= 15 is 0 Å². The van der Waals surface area contributed by atoms with Crippen molar-refractivity contribution in [3.05, 3.63) is 35.9 Å². The van der Waals surface area contributed by atoms with Crippen LogP contribution in [0.5, 0.6) is 0 Å². The molecule has 2 unspecified atom stereocenters. The van der Waals surface area contributed by atoms with Crippen LogP contribution in [0.4, 0.5) is 0 Å². The molecule has 0 radical (unpaired) electrons. The molecular formula is C25H42O4. The average molecular weight is 407 g/mol. The van der Waals surface area contributed by atoms with Gasteiger partial charge >= 0.3 is 5.97 Å². The molecule has 0 aliphatic carbocycles. The minimum Gasteiger partial charge on any atom is -0.481 e. The molecule has 1 rings (SSSR count). The molecule has 29 heavy (non-hydrogen) atoms. The van der Waals surface area contributed by atoms with E-state index in [4.69, 9.17) is 9.84 Å². The van der Waals surface area contributed by atoms with Crippen LogP contribution < -0.4 is 0 Å². The molecule has 0 aliphatic rings. The van der Waals surface area contributed by atoms with Gasteiger partial charge in [0.05, 0.1) is 18.8 Å². The Hall–Kier alpha value is -1.39. The number of aliphatic hydroxyl groups is 1. The van der Waals surface area contributed by atoms with Crippen LogP contribution >= 0.6 is 0 Å². The number of hydrogen-bond donors (Lipinski definition) is 2. The number of benzene rings is 1. The number of aliphatic carboxylic acids is 1. The van der Waals surface area contributed by atoms with Gasteiger partial charge in [-0.25, -0.2) is 0 Å². The zero-order chi connectivity index (χ0) is 21.2. The highest BCUT2D eigenvalue weighted by Crippen LogP contribution is 2.19. The van der Waals surface area contributed by atoms with Crippen LogP contribution in [0.3, 0.4) is 0 Å². The first kappa shape index (κ1) is 25.6. The van der Waals surface area contributed by atoms with Crippen molar-refractivity contribution in [2.75, 3.05) is 0 Å². The third-order valence-electron chi connectivity index (χ3n) is 5.47. The van der Waals surface area contributed by atoms with Crippen molar-refractivity contribution in [3.8, 4) is 0 Å². The molecule has 1 aromatic rings. The molecule has 0 amide bonds. The standard InChI is InChI=1S/C25H42O4/c1-2-3-4-5-6-7-8-14-19-24(29-21-22-16-11-9-12-17-22)23(26)18-13-10-15-20-25(27)28/h9,11-12,16-17,23-24,26H,2-8,10,13-15,18-21H2,1H3,(H,27,28). The summed E-state index contributed by atoms with van der Waals surface area (Å²) in [4.78, 5) is 10.6. The van der Waals surface area contributed by atoms with Gasteiger partial charge in [-0.3, -0.25) is 4.79 Å². The Morgan fingerprint density at radius 1 is 0.862 bits per heavy atom. The quantitative estimate of drug-likeness (QED) is 0.257. The van der Waals surface area contributed by atoms with Gasteiger partial charge in [0.25, 0.3) is 0 Å². The van der Waals surface area contributed by atoms with Gasteiger partial charge < -0.3 is 14.9 Å². The van der Waals surface area contributed by atoms with Gasteiger partial charge in [0.1, 0.15) is 0 Å². The van der Waals surface area contributed by atoms with Crippen molar-refractivity contribution < 1.29 is 19.7 Å². The number of carbonyl (C=O) groups is 1. The van der Waals surface area contributed by atoms with Crippen molar-refractivity contribution >= 4 is 5.97 Å². The van der Waals surface area contributed by atoms with E-state index in [9.17, 15) is 9.90 Å². The number of unbranched alkanes of at least 4 members (excludes halogenated alkanes) is 9. The topological polar surface area (TPSA) is 66.8 Å². The Kier molecular flexibility index (Phi) is 15.4. The average Bonchev–Trinajstić information content (AvgIpc) is 2.72. The molecule has 2 N–H and O–H groups in total. The van der Waals surface area contributed by atoms with Crippen LogP contribution in [0.2, 0.25) is 0 Å². The van der Waals surface area contributed by atoms with E-state index in [0.717, 1.165) is 31.2 Å². The number of rotatable bonds is 19. The summed E-state index contributed by atoms with van der Waals surface area (Å²) in [5.74, 6) is -0.746. The lowest BCUT2D eigenvalue weighted by Crippen LogP contribution is -2.29. The zero-order valence-corrected chi connectivity index (χ0v) is 18.4. The van der Waals surface area contributed by atoms with E-state index in [1.165, 1.54) is 44.9 Å². The molecule has 0 saturated heterocycles. The number of hydrogen-bond acceptors (Lipinski definition) is 3. The molecule has 2 atom stereocenters. The fourth-order valence-electron chi connectivity index (χ4n) is 3.64. The molecule has 4 nitrogen and oxygen atoms in total. The normalized spacial score (nSPS) is 13.3. The highest BCUT2D eigenvalue weighted by atomic mass is 16.5. The van der Waals surface area contributed by atoms with Gasteiger partial charge in [0, 0.05) is 6.42 Å². The maximum Gasteiger partial charge on any atom is 0.303 e. The Morgan fingerprint density at radius 3 is 2.10 bits per heavy atom. The van der Waals surface area contributed by atoms with Crippen LogP contribution in [-0.2, 0) is 16.1 Å². The molecule has 4 heteroatoms. The van der Waals surface area contributed by atoms with Gasteiger partial charge in [0.2, 0.25) is 0 Å². The van der Waals surface area contributed by atoms with Crippen molar-refractivity contribution in [3.63, 3.8) is 0 Å². The first-order chi connectivity index (χ1) is 14.1. The fourth-order valence-corrected chi connectivity index (χ4v) is 3.64.